The number of amides is 2. The summed E-state index contributed by atoms with van der Waals surface area (Å²) in [5, 5.41) is 5.63. The molecule has 0 bridgehead atoms. The second-order valence-electron chi connectivity index (χ2n) is 5.71. The highest BCUT2D eigenvalue weighted by atomic mass is 16.5. The van der Waals surface area contributed by atoms with Gasteiger partial charge in [-0.15, -0.1) is 0 Å². The first-order valence-electron chi connectivity index (χ1n) is 8.10. The molecule has 130 valence electrons. The van der Waals surface area contributed by atoms with E-state index in [0.717, 1.165) is 5.56 Å². The van der Waals surface area contributed by atoms with Gasteiger partial charge in [0.15, 0.2) is 0 Å². The summed E-state index contributed by atoms with van der Waals surface area (Å²) >= 11 is 0. The molecule has 0 aromatic heterocycles. The molecule has 1 heterocycles. The van der Waals surface area contributed by atoms with Gasteiger partial charge in [0.2, 0.25) is 11.8 Å². The van der Waals surface area contributed by atoms with E-state index in [0.29, 0.717) is 30.3 Å². The fourth-order valence-electron chi connectivity index (χ4n) is 2.80. The third-order valence-corrected chi connectivity index (χ3v) is 4.03. The van der Waals surface area contributed by atoms with E-state index in [1.54, 1.807) is 19.2 Å². The minimum Gasteiger partial charge on any atom is -0.497 e. The number of methoxy groups -OCH3 is 1. The van der Waals surface area contributed by atoms with Gasteiger partial charge in [-0.05, 0) is 23.8 Å². The lowest BCUT2D eigenvalue weighted by Crippen LogP contribution is -2.36. The summed E-state index contributed by atoms with van der Waals surface area (Å²) in [4.78, 5) is 24.2. The number of rotatable bonds is 6. The monoisotopic (exact) mass is 340 g/mol. The van der Waals surface area contributed by atoms with Crippen LogP contribution in [0.15, 0.2) is 48.5 Å². The topological polar surface area (TPSA) is 76.7 Å². The standard InChI is InChI=1S/C19H20N2O4/c1-24-13-5-4-6-14(11-13)25-10-9-20-19(23)16-12-18(22)21-17-8-3-2-7-15(16)17/h2-8,11,16H,9-10,12H2,1H3,(H,20,23)(H,21,22)/t16-/m1/s1. The van der Waals surface area contributed by atoms with Gasteiger partial charge in [0, 0.05) is 18.2 Å². The van der Waals surface area contributed by atoms with Crippen LogP contribution in [0.25, 0.3) is 0 Å². The molecule has 1 atom stereocenters. The Labute approximate surface area is 146 Å². The van der Waals surface area contributed by atoms with Crippen LogP contribution in [0.2, 0.25) is 0 Å². The molecule has 3 rings (SSSR count). The normalized spacial score (nSPS) is 15.7. The Balaban J connectivity index is 1.53. The van der Waals surface area contributed by atoms with E-state index in [1.807, 2.05) is 36.4 Å². The predicted octanol–water partition coefficient (Wildman–Crippen LogP) is 2.32. The van der Waals surface area contributed by atoms with Crippen LogP contribution < -0.4 is 20.1 Å². The second-order valence-corrected chi connectivity index (χ2v) is 5.71. The third kappa shape index (κ3) is 4.09. The number of carbonyl (C=O) groups is 2. The fourth-order valence-corrected chi connectivity index (χ4v) is 2.80. The first kappa shape index (κ1) is 16.8. The van der Waals surface area contributed by atoms with Gasteiger partial charge in [0.05, 0.1) is 19.6 Å². The van der Waals surface area contributed by atoms with Crippen molar-refractivity contribution in [1.82, 2.24) is 5.32 Å². The zero-order valence-corrected chi connectivity index (χ0v) is 14.0. The van der Waals surface area contributed by atoms with Gasteiger partial charge in [0.25, 0.3) is 0 Å². The van der Waals surface area contributed by atoms with Crippen LogP contribution in [0.3, 0.4) is 0 Å². The lowest BCUT2D eigenvalue weighted by atomic mass is 9.90. The Bertz CT molecular complexity index is 776. The minimum absolute atomic E-state index is 0.147. The summed E-state index contributed by atoms with van der Waals surface area (Å²) in [7, 11) is 1.59. The fraction of sp³-hybridized carbons (Fsp3) is 0.263. The Morgan fingerprint density at radius 3 is 2.84 bits per heavy atom. The molecule has 0 unspecified atom stereocenters. The number of benzene rings is 2. The molecule has 1 aliphatic rings. The van der Waals surface area contributed by atoms with Crippen molar-refractivity contribution in [2.24, 2.45) is 0 Å². The smallest absolute Gasteiger partial charge is 0.228 e. The van der Waals surface area contributed by atoms with E-state index < -0.39 is 5.92 Å². The minimum atomic E-state index is -0.471. The Morgan fingerprint density at radius 2 is 2.00 bits per heavy atom. The molecular weight excluding hydrogens is 320 g/mol. The number of anilines is 1. The maximum Gasteiger partial charge on any atom is 0.228 e. The summed E-state index contributed by atoms with van der Waals surface area (Å²) in [5.74, 6) is 0.604. The average Bonchev–Trinajstić information content (AvgIpc) is 2.64. The van der Waals surface area contributed by atoms with E-state index in [-0.39, 0.29) is 18.2 Å². The number of hydrogen-bond acceptors (Lipinski definition) is 4. The SMILES string of the molecule is COc1cccc(OCCNC(=O)[C@@H]2CC(=O)Nc3ccccc32)c1. The largest absolute Gasteiger partial charge is 0.497 e. The van der Waals surface area contributed by atoms with Gasteiger partial charge in [-0.1, -0.05) is 24.3 Å². The highest BCUT2D eigenvalue weighted by molar-refractivity contribution is 6.01. The Morgan fingerprint density at radius 1 is 1.20 bits per heavy atom. The van der Waals surface area contributed by atoms with Gasteiger partial charge in [-0.3, -0.25) is 9.59 Å². The van der Waals surface area contributed by atoms with Crippen LogP contribution in [-0.2, 0) is 9.59 Å². The summed E-state index contributed by atoms with van der Waals surface area (Å²) in [6.07, 6.45) is 0.152. The van der Waals surface area contributed by atoms with Crippen molar-refractivity contribution in [3.63, 3.8) is 0 Å². The van der Waals surface area contributed by atoms with Crippen LogP contribution in [0, 0.1) is 0 Å². The number of nitrogens with one attached hydrogen (secondary N) is 2. The van der Waals surface area contributed by atoms with Gasteiger partial charge < -0.3 is 20.1 Å². The molecule has 25 heavy (non-hydrogen) atoms. The van der Waals surface area contributed by atoms with Gasteiger partial charge >= 0.3 is 0 Å². The first-order chi connectivity index (χ1) is 12.2. The van der Waals surface area contributed by atoms with Crippen molar-refractivity contribution in [3.8, 4) is 11.5 Å². The molecular formula is C19H20N2O4. The van der Waals surface area contributed by atoms with Gasteiger partial charge in [-0.25, -0.2) is 0 Å². The number of hydrogen-bond donors (Lipinski definition) is 2. The third-order valence-electron chi connectivity index (χ3n) is 4.03. The number of ether oxygens (including phenoxy) is 2. The number of carbonyl (C=O) groups excluding carboxylic acids is 2. The molecule has 2 aromatic rings. The van der Waals surface area contributed by atoms with Crippen LogP contribution in [0.5, 0.6) is 11.5 Å². The molecule has 0 saturated heterocycles. The van der Waals surface area contributed by atoms with Crippen molar-refractivity contribution >= 4 is 17.5 Å². The summed E-state index contributed by atoms with van der Waals surface area (Å²) in [6.45, 7) is 0.690. The maximum absolute atomic E-state index is 12.5. The molecule has 6 heteroatoms. The second kappa shape index (κ2) is 7.70. The number of fused-ring (bicyclic) bond motifs is 1. The van der Waals surface area contributed by atoms with E-state index >= 15 is 0 Å². The maximum atomic E-state index is 12.5. The van der Waals surface area contributed by atoms with Crippen molar-refractivity contribution in [2.45, 2.75) is 12.3 Å². The quantitative estimate of drug-likeness (QED) is 0.791. The summed E-state index contributed by atoms with van der Waals surface area (Å²) in [6, 6.07) is 14.6. The molecule has 2 amide bonds. The van der Waals surface area contributed by atoms with Crippen molar-refractivity contribution < 1.29 is 19.1 Å². The highest BCUT2D eigenvalue weighted by Gasteiger charge is 2.30. The zero-order chi connectivity index (χ0) is 17.6. The lowest BCUT2D eigenvalue weighted by Gasteiger charge is -2.24. The van der Waals surface area contributed by atoms with Crippen LogP contribution in [0.1, 0.15) is 17.9 Å². The zero-order valence-electron chi connectivity index (χ0n) is 14.0. The van der Waals surface area contributed by atoms with E-state index in [2.05, 4.69) is 10.6 Å². The molecule has 0 saturated carbocycles. The van der Waals surface area contributed by atoms with Crippen LogP contribution in [0.4, 0.5) is 5.69 Å². The molecule has 6 nitrogen and oxygen atoms in total. The van der Waals surface area contributed by atoms with E-state index in [1.165, 1.54) is 0 Å². The molecule has 2 N–H and O–H groups in total. The van der Waals surface area contributed by atoms with Crippen LogP contribution >= 0.6 is 0 Å². The van der Waals surface area contributed by atoms with Crippen LogP contribution in [-0.4, -0.2) is 32.1 Å². The number of para-hydroxylation sites is 1. The molecule has 0 spiro atoms. The molecule has 0 aliphatic carbocycles. The van der Waals surface area contributed by atoms with Crippen molar-refractivity contribution in [3.05, 3.63) is 54.1 Å². The first-order valence-corrected chi connectivity index (χ1v) is 8.10. The molecule has 1 aliphatic heterocycles. The van der Waals surface area contributed by atoms with Crippen molar-refractivity contribution in [2.75, 3.05) is 25.6 Å². The highest BCUT2D eigenvalue weighted by Crippen LogP contribution is 2.31. The molecule has 0 fully saturated rings. The Kier molecular flexibility index (Phi) is 5.18. The van der Waals surface area contributed by atoms with Gasteiger partial charge in [0.1, 0.15) is 18.1 Å². The van der Waals surface area contributed by atoms with E-state index in [9.17, 15) is 9.59 Å². The molecule has 2 aromatic carbocycles. The van der Waals surface area contributed by atoms with Crippen molar-refractivity contribution in [1.29, 1.82) is 0 Å². The van der Waals surface area contributed by atoms with Gasteiger partial charge in [-0.2, -0.15) is 0 Å². The Hall–Kier alpha value is -3.02. The van der Waals surface area contributed by atoms with E-state index in [4.69, 9.17) is 9.47 Å². The lowest BCUT2D eigenvalue weighted by molar-refractivity contribution is -0.126. The summed E-state index contributed by atoms with van der Waals surface area (Å²) < 4.78 is 10.7. The predicted molar refractivity (Wildman–Crippen MR) is 93.9 cm³/mol. The summed E-state index contributed by atoms with van der Waals surface area (Å²) in [5.41, 5.74) is 1.54. The molecule has 0 radical (unpaired) electrons. The average molecular weight is 340 g/mol.